The van der Waals surface area contributed by atoms with Gasteiger partial charge in [0.1, 0.15) is 5.83 Å². The Bertz CT molecular complexity index is 4260. The number of rotatable bonds is 5. The van der Waals surface area contributed by atoms with Crippen molar-refractivity contribution in [3.8, 4) is 22.5 Å². The van der Waals surface area contributed by atoms with Crippen LogP contribution in [-0.2, 0) is 0 Å². The molecule has 1 aliphatic rings. The summed E-state index contributed by atoms with van der Waals surface area (Å²) in [5.74, 6) is -3.53. The van der Waals surface area contributed by atoms with Crippen LogP contribution in [0.5, 0.6) is 0 Å². The SMILES string of the molecule is FC1=C(F)CC(n2c3ccccc3c3ccccc32)C(n2c3ccccc3c3c(-c4ccc5c(c4)c4ccccc4n5-c4cc(F)c(F)cc4-n4c5ccccc5c5ccccc54)cccc32)=C1. The fraction of sp³-hybridized carbons (Fsp3) is 0.0333. The Labute approximate surface area is 385 Å². The van der Waals surface area contributed by atoms with Gasteiger partial charge in [0.05, 0.1) is 50.5 Å². The molecule has 324 valence electrons. The second kappa shape index (κ2) is 14.4. The molecular formula is C60H36F4N4. The number of para-hydroxylation sites is 6. The van der Waals surface area contributed by atoms with Crippen molar-refractivity contribution in [1.82, 2.24) is 18.3 Å². The highest BCUT2D eigenvalue weighted by Crippen LogP contribution is 2.48. The zero-order valence-electron chi connectivity index (χ0n) is 36.1. The Morgan fingerprint density at radius 3 is 1.34 bits per heavy atom. The van der Waals surface area contributed by atoms with E-state index in [0.29, 0.717) is 17.1 Å². The highest BCUT2D eigenvalue weighted by molar-refractivity contribution is 6.18. The smallest absolute Gasteiger partial charge is 0.161 e. The summed E-state index contributed by atoms with van der Waals surface area (Å²) >= 11 is 0. The van der Waals surface area contributed by atoms with Crippen molar-refractivity contribution in [2.45, 2.75) is 12.5 Å². The molecular weight excluding hydrogens is 853 g/mol. The summed E-state index contributed by atoms with van der Waals surface area (Å²) in [5.41, 5.74) is 10.6. The highest BCUT2D eigenvalue weighted by Gasteiger charge is 2.32. The lowest BCUT2D eigenvalue weighted by Gasteiger charge is -2.28. The van der Waals surface area contributed by atoms with Crippen LogP contribution >= 0.6 is 0 Å². The van der Waals surface area contributed by atoms with Crippen LogP contribution in [0.3, 0.4) is 0 Å². The van der Waals surface area contributed by atoms with E-state index in [9.17, 15) is 0 Å². The third-order valence-electron chi connectivity index (χ3n) is 14.2. The van der Waals surface area contributed by atoms with Crippen LogP contribution in [0.1, 0.15) is 12.5 Å². The maximum Gasteiger partial charge on any atom is 0.161 e. The van der Waals surface area contributed by atoms with Crippen LogP contribution in [-0.4, -0.2) is 18.3 Å². The molecule has 4 aromatic heterocycles. The predicted molar refractivity (Wildman–Crippen MR) is 270 cm³/mol. The Morgan fingerprint density at radius 2 is 0.794 bits per heavy atom. The van der Waals surface area contributed by atoms with Crippen LogP contribution < -0.4 is 0 Å². The number of allylic oxidation sites excluding steroid dienone is 4. The maximum absolute atomic E-state index is 15.9. The summed E-state index contributed by atoms with van der Waals surface area (Å²) < 4.78 is 71.3. The van der Waals surface area contributed by atoms with E-state index in [1.165, 1.54) is 18.2 Å². The molecule has 0 saturated carbocycles. The number of aromatic nitrogens is 4. The van der Waals surface area contributed by atoms with Crippen molar-refractivity contribution in [3.63, 3.8) is 0 Å². The fourth-order valence-electron chi connectivity index (χ4n) is 11.4. The highest BCUT2D eigenvalue weighted by atomic mass is 19.2. The topological polar surface area (TPSA) is 19.7 Å². The minimum Gasteiger partial charge on any atom is -0.331 e. The Morgan fingerprint density at radius 1 is 0.368 bits per heavy atom. The third kappa shape index (κ3) is 5.37. The standard InChI is InChI=1S/C60H36F4N4/c61-44-31-56(65-48-21-7-1-14-37(48)38-15-2-8-22-49(38)65)57(32-45(44)62)67-52-25-11-5-18-41(52)43-30-35(28-29-54(43)67)36-20-13-27-55-60(36)42-19-6-12-26-53(42)68(55)59-34-47(64)46(63)33-58(59)66-50-23-9-3-16-39(50)40-17-4-10-24-51(40)66/h1-32,34,58H,33H2. The molecule has 0 spiro atoms. The molecule has 0 bridgehead atoms. The monoisotopic (exact) mass is 888 g/mol. The summed E-state index contributed by atoms with van der Waals surface area (Å²) in [6.07, 6.45) is 1.23. The van der Waals surface area contributed by atoms with Gasteiger partial charge < -0.3 is 18.3 Å². The average molecular weight is 889 g/mol. The molecule has 0 fully saturated rings. The van der Waals surface area contributed by atoms with Gasteiger partial charge in [-0.25, -0.2) is 17.6 Å². The van der Waals surface area contributed by atoms with Gasteiger partial charge in [-0.05, 0) is 71.8 Å². The van der Waals surface area contributed by atoms with Crippen LogP contribution in [0.15, 0.2) is 212 Å². The van der Waals surface area contributed by atoms with Crippen LogP contribution in [0, 0.1) is 11.6 Å². The van der Waals surface area contributed by atoms with Crippen molar-refractivity contribution in [1.29, 1.82) is 0 Å². The molecule has 13 aromatic rings. The number of hydrogen-bond donors (Lipinski definition) is 0. The van der Waals surface area contributed by atoms with Crippen LogP contribution in [0.25, 0.3) is 115 Å². The molecule has 0 aliphatic heterocycles. The minimum absolute atomic E-state index is 0.148. The summed E-state index contributed by atoms with van der Waals surface area (Å²) in [5, 5.41) is 7.93. The Balaban J connectivity index is 0.996. The Kier molecular flexibility index (Phi) is 8.20. The van der Waals surface area contributed by atoms with Gasteiger partial charge in [-0.1, -0.05) is 127 Å². The lowest BCUT2D eigenvalue weighted by molar-refractivity contribution is 0.469. The van der Waals surface area contributed by atoms with Crippen molar-refractivity contribution in [2.75, 3.05) is 0 Å². The van der Waals surface area contributed by atoms with Gasteiger partial charge in [0.25, 0.3) is 0 Å². The van der Waals surface area contributed by atoms with Gasteiger partial charge in [0.15, 0.2) is 17.5 Å². The van der Waals surface area contributed by atoms with Gasteiger partial charge in [-0.2, -0.15) is 0 Å². The molecule has 9 aromatic carbocycles. The zero-order chi connectivity index (χ0) is 45.4. The van der Waals surface area contributed by atoms with E-state index in [-0.39, 0.29) is 6.42 Å². The van der Waals surface area contributed by atoms with Gasteiger partial charge in [-0.3, -0.25) is 0 Å². The summed E-state index contributed by atoms with van der Waals surface area (Å²) in [6.45, 7) is 0. The second-order valence-corrected chi connectivity index (χ2v) is 17.7. The van der Waals surface area contributed by atoms with Crippen molar-refractivity contribution < 1.29 is 17.6 Å². The van der Waals surface area contributed by atoms with Crippen LogP contribution in [0.2, 0.25) is 0 Å². The van der Waals surface area contributed by atoms with Crippen molar-refractivity contribution in [3.05, 3.63) is 223 Å². The second-order valence-electron chi connectivity index (χ2n) is 17.7. The first kappa shape index (κ1) is 38.6. The number of hydrogen-bond acceptors (Lipinski definition) is 0. The third-order valence-corrected chi connectivity index (χ3v) is 14.2. The van der Waals surface area contributed by atoms with E-state index >= 15 is 17.6 Å². The first-order valence-corrected chi connectivity index (χ1v) is 22.7. The van der Waals surface area contributed by atoms with E-state index in [1.807, 2.05) is 112 Å². The molecule has 1 aliphatic carbocycles. The fourth-order valence-corrected chi connectivity index (χ4v) is 11.4. The van der Waals surface area contributed by atoms with E-state index in [4.69, 9.17) is 0 Å². The summed E-state index contributed by atoms with van der Waals surface area (Å²) in [4.78, 5) is 0. The molecule has 4 heterocycles. The van der Waals surface area contributed by atoms with Crippen molar-refractivity contribution >= 4 is 92.9 Å². The molecule has 0 amide bonds. The van der Waals surface area contributed by atoms with E-state index < -0.39 is 29.3 Å². The van der Waals surface area contributed by atoms with Gasteiger partial charge in [0.2, 0.25) is 0 Å². The molecule has 4 nitrogen and oxygen atoms in total. The zero-order valence-corrected chi connectivity index (χ0v) is 36.1. The van der Waals surface area contributed by atoms with E-state index in [2.05, 4.69) is 88.0 Å². The number of benzene rings is 9. The minimum atomic E-state index is -0.943. The molecule has 68 heavy (non-hydrogen) atoms. The molecule has 8 heteroatoms. The molecule has 14 rings (SSSR count). The summed E-state index contributed by atoms with van der Waals surface area (Å²) in [6, 6.07) is 63.0. The molecule has 0 radical (unpaired) electrons. The van der Waals surface area contributed by atoms with E-state index in [1.54, 1.807) is 0 Å². The molecule has 0 N–H and O–H groups in total. The predicted octanol–water partition coefficient (Wildman–Crippen LogP) is 16.7. The first-order chi connectivity index (χ1) is 33.4. The van der Waals surface area contributed by atoms with Gasteiger partial charge in [0, 0.05) is 78.4 Å². The molecule has 1 unspecified atom stereocenters. The van der Waals surface area contributed by atoms with Gasteiger partial charge in [-0.15, -0.1) is 0 Å². The molecule has 0 saturated heterocycles. The average Bonchev–Trinajstić information content (AvgIpc) is 4.10. The van der Waals surface area contributed by atoms with E-state index in [0.717, 1.165) is 98.4 Å². The van der Waals surface area contributed by atoms with Crippen molar-refractivity contribution in [2.24, 2.45) is 0 Å². The molecule has 1 atom stereocenters. The van der Waals surface area contributed by atoms with Gasteiger partial charge >= 0.3 is 0 Å². The largest absolute Gasteiger partial charge is 0.331 e. The number of halogens is 4. The first-order valence-electron chi connectivity index (χ1n) is 22.7. The van der Waals surface area contributed by atoms with Crippen LogP contribution in [0.4, 0.5) is 17.6 Å². The number of fused-ring (bicyclic) bond motifs is 12. The lowest BCUT2D eigenvalue weighted by atomic mass is 9.97. The summed E-state index contributed by atoms with van der Waals surface area (Å²) in [7, 11) is 0. The lowest BCUT2D eigenvalue weighted by Crippen LogP contribution is -2.18. The number of nitrogens with zero attached hydrogens (tertiary/aromatic N) is 4. The maximum atomic E-state index is 15.9. The normalized spacial score (nSPS) is 14.6. The Hall–Kier alpha value is -8.62. The quantitative estimate of drug-likeness (QED) is 0.153.